The van der Waals surface area contributed by atoms with Crippen molar-refractivity contribution < 1.29 is 18.3 Å². The number of alkyl halides is 2. The van der Waals surface area contributed by atoms with Crippen LogP contribution in [0.25, 0.3) is 16.6 Å². The average Bonchev–Trinajstić information content (AvgIpc) is 3.19. The van der Waals surface area contributed by atoms with Crippen molar-refractivity contribution in [2.24, 2.45) is 5.41 Å². The predicted molar refractivity (Wildman–Crippen MR) is 102 cm³/mol. The Morgan fingerprint density at radius 1 is 1.21 bits per heavy atom. The van der Waals surface area contributed by atoms with Crippen LogP contribution in [0.15, 0.2) is 12.1 Å². The van der Waals surface area contributed by atoms with Gasteiger partial charge in [0.05, 0.1) is 0 Å². The van der Waals surface area contributed by atoms with Crippen LogP contribution in [-0.4, -0.2) is 50.4 Å². The van der Waals surface area contributed by atoms with Gasteiger partial charge in [0.1, 0.15) is 5.52 Å². The molecule has 2 aromatic heterocycles. The lowest BCUT2D eigenvalue weighted by atomic mass is 9.84. The van der Waals surface area contributed by atoms with Gasteiger partial charge in [0, 0.05) is 24.9 Å². The molecule has 0 saturated carbocycles. The molecule has 0 radical (unpaired) electrons. The number of halogens is 2. The van der Waals surface area contributed by atoms with Gasteiger partial charge >= 0.3 is 6.29 Å². The molecule has 1 aromatic carbocycles. The topological polar surface area (TPSA) is 90.8 Å². The predicted octanol–water partition coefficient (Wildman–Crippen LogP) is 2.85. The van der Waals surface area contributed by atoms with Crippen molar-refractivity contribution in [2.45, 2.75) is 39.4 Å². The van der Waals surface area contributed by atoms with Crippen LogP contribution >= 0.6 is 0 Å². The van der Waals surface area contributed by atoms with Gasteiger partial charge in [-0.1, -0.05) is 13.8 Å². The molecule has 2 aliphatic heterocycles. The van der Waals surface area contributed by atoms with Crippen molar-refractivity contribution in [3.05, 3.63) is 18.0 Å². The van der Waals surface area contributed by atoms with Gasteiger partial charge in [-0.25, -0.2) is 9.97 Å². The molecule has 4 heterocycles. The molecule has 0 amide bonds. The number of hydrogen-bond donors (Lipinski definition) is 1. The summed E-state index contributed by atoms with van der Waals surface area (Å²) in [5, 5.41) is 5.00. The Kier molecular flexibility index (Phi) is 3.86. The summed E-state index contributed by atoms with van der Waals surface area (Å²) in [5.41, 5.74) is 6.99. The minimum absolute atomic E-state index is 0.0533. The summed E-state index contributed by atoms with van der Waals surface area (Å²) in [6.07, 6.45) is -0.633. The lowest BCUT2D eigenvalue weighted by Crippen LogP contribution is -2.41. The van der Waals surface area contributed by atoms with Gasteiger partial charge in [0.15, 0.2) is 23.0 Å². The number of aromatic nitrogens is 4. The monoisotopic (exact) mass is 404 g/mol. The highest BCUT2D eigenvalue weighted by molar-refractivity contribution is 5.97. The standard InChI is InChI=1S/C19H22F2N6O2/c1-18(2)7-3-8-26(10-18)9-6-13-23-16-11-4-5-12-15(29-19(20,21)28-12)14(11)24-17(22)27(16)25-13/h4-5H,3,6-10H2,1-2H3,(H2,22,24). The molecule has 5 rings (SSSR count). The Balaban J connectivity index is 1.47. The summed E-state index contributed by atoms with van der Waals surface area (Å²) < 4.78 is 37.5. The zero-order chi connectivity index (χ0) is 20.4. The van der Waals surface area contributed by atoms with E-state index in [-0.39, 0.29) is 23.0 Å². The molecule has 1 saturated heterocycles. The lowest BCUT2D eigenvalue weighted by molar-refractivity contribution is -0.286. The number of hydrogen-bond acceptors (Lipinski definition) is 7. The number of fused-ring (bicyclic) bond motifs is 5. The van der Waals surface area contributed by atoms with Crippen LogP contribution in [0, 0.1) is 5.41 Å². The van der Waals surface area contributed by atoms with Crippen LogP contribution in [0.3, 0.4) is 0 Å². The first kappa shape index (κ1) is 18.3. The quantitative estimate of drug-likeness (QED) is 0.718. The average molecular weight is 404 g/mol. The number of nitrogens with two attached hydrogens (primary N) is 1. The summed E-state index contributed by atoms with van der Waals surface area (Å²) in [7, 11) is 0. The Morgan fingerprint density at radius 3 is 2.83 bits per heavy atom. The van der Waals surface area contributed by atoms with Gasteiger partial charge in [0.2, 0.25) is 5.95 Å². The van der Waals surface area contributed by atoms with Gasteiger partial charge < -0.3 is 20.1 Å². The van der Waals surface area contributed by atoms with Crippen molar-refractivity contribution >= 4 is 22.5 Å². The molecular formula is C19H22F2N6O2. The molecule has 2 aliphatic rings. The van der Waals surface area contributed by atoms with E-state index in [1.807, 2.05) is 0 Å². The van der Waals surface area contributed by atoms with E-state index in [4.69, 9.17) is 5.73 Å². The minimum atomic E-state index is -3.72. The third kappa shape index (κ3) is 3.21. The molecule has 2 N–H and O–H groups in total. The second-order valence-electron chi connectivity index (χ2n) is 8.48. The molecule has 1 fully saturated rings. The highest BCUT2D eigenvalue weighted by atomic mass is 19.3. The van der Waals surface area contributed by atoms with Crippen LogP contribution in [0.1, 0.15) is 32.5 Å². The summed E-state index contributed by atoms with van der Waals surface area (Å²) in [6, 6.07) is 3.03. The molecule has 0 atom stereocenters. The van der Waals surface area contributed by atoms with Gasteiger partial charge in [-0.3, -0.25) is 0 Å². The van der Waals surface area contributed by atoms with Crippen LogP contribution in [0.5, 0.6) is 11.5 Å². The second kappa shape index (κ2) is 6.12. The van der Waals surface area contributed by atoms with Crippen molar-refractivity contribution in [1.82, 2.24) is 24.5 Å². The van der Waals surface area contributed by atoms with E-state index >= 15 is 0 Å². The fourth-order valence-corrected chi connectivity index (χ4v) is 4.24. The molecule has 0 bridgehead atoms. The third-order valence-electron chi connectivity index (χ3n) is 5.51. The number of benzene rings is 1. The smallest absolute Gasteiger partial charge is 0.395 e. The summed E-state index contributed by atoms with van der Waals surface area (Å²) in [6.45, 7) is 7.54. The number of ether oxygens (including phenoxy) is 2. The van der Waals surface area contributed by atoms with Crippen molar-refractivity contribution in [3.8, 4) is 11.5 Å². The van der Waals surface area contributed by atoms with Crippen molar-refractivity contribution in [3.63, 3.8) is 0 Å². The molecule has 3 aromatic rings. The molecule has 0 spiro atoms. The number of rotatable bonds is 3. The van der Waals surface area contributed by atoms with Crippen LogP contribution in [-0.2, 0) is 6.42 Å². The number of anilines is 1. The fourth-order valence-electron chi connectivity index (χ4n) is 4.24. The summed E-state index contributed by atoms with van der Waals surface area (Å²) in [4.78, 5) is 11.2. The zero-order valence-electron chi connectivity index (χ0n) is 16.3. The van der Waals surface area contributed by atoms with Crippen molar-refractivity contribution in [1.29, 1.82) is 0 Å². The van der Waals surface area contributed by atoms with E-state index in [2.05, 4.69) is 43.3 Å². The first-order valence-corrected chi connectivity index (χ1v) is 9.67. The fraction of sp³-hybridized carbons (Fsp3) is 0.526. The Hall–Kier alpha value is -2.75. The Morgan fingerprint density at radius 2 is 2.03 bits per heavy atom. The normalized spacial score (nSPS) is 20.6. The lowest BCUT2D eigenvalue weighted by Gasteiger charge is -2.37. The first-order valence-electron chi connectivity index (χ1n) is 9.67. The number of nitrogens with zero attached hydrogens (tertiary/aromatic N) is 5. The SMILES string of the molecule is CC1(C)CCCN(CCc2nc3c4ccc5c(c4nc(N)n3n2)OC(F)(F)O5)C1. The highest BCUT2D eigenvalue weighted by Gasteiger charge is 2.45. The molecule has 29 heavy (non-hydrogen) atoms. The van der Waals surface area contributed by atoms with Gasteiger partial charge in [-0.15, -0.1) is 13.9 Å². The van der Waals surface area contributed by atoms with Crippen LogP contribution in [0.4, 0.5) is 14.7 Å². The Labute approximate surface area is 165 Å². The molecule has 154 valence electrons. The maximum absolute atomic E-state index is 13.5. The maximum Gasteiger partial charge on any atom is 0.586 e. The second-order valence-corrected chi connectivity index (χ2v) is 8.48. The third-order valence-corrected chi connectivity index (χ3v) is 5.51. The Bertz CT molecular complexity index is 1110. The summed E-state index contributed by atoms with van der Waals surface area (Å²) in [5.74, 6) is 0.475. The van der Waals surface area contributed by atoms with E-state index in [1.165, 1.54) is 23.4 Å². The maximum atomic E-state index is 13.5. The molecule has 10 heteroatoms. The molecular weight excluding hydrogens is 382 g/mol. The largest absolute Gasteiger partial charge is 0.586 e. The zero-order valence-corrected chi connectivity index (χ0v) is 16.3. The van der Waals surface area contributed by atoms with E-state index in [0.29, 0.717) is 28.7 Å². The first-order chi connectivity index (χ1) is 13.7. The highest BCUT2D eigenvalue weighted by Crippen LogP contribution is 2.45. The van der Waals surface area contributed by atoms with E-state index < -0.39 is 6.29 Å². The van der Waals surface area contributed by atoms with Crippen molar-refractivity contribution in [2.75, 3.05) is 25.4 Å². The van der Waals surface area contributed by atoms with E-state index in [1.54, 1.807) is 6.07 Å². The van der Waals surface area contributed by atoms with Gasteiger partial charge in [-0.05, 0) is 36.9 Å². The molecule has 0 unspecified atom stereocenters. The van der Waals surface area contributed by atoms with Crippen LogP contribution < -0.4 is 15.2 Å². The molecule has 0 aliphatic carbocycles. The summed E-state index contributed by atoms with van der Waals surface area (Å²) >= 11 is 0. The number of nitrogen functional groups attached to an aromatic ring is 1. The number of likely N-dealkylation sites (tertiary alicyclic amines) is 1. The van der Waals surface area contributed by atoms with E-state index in [9.17, 15) is 8.78 Å². The van der Waals surface area contributed by atoms with E-state index in [0.717, 1.165) is 19.6 Å². The van der Waals surface area contributed by atoms with Gasteiger partial charge in [0.25, 0.3) is 0 Å². The number of piperidine rings is 1. The van der Waals surface area contributed by atoms with Crippen LogP contribution in [0.2, 0.25) is 0 Å². The van der Waals surface area contributed by atoms with Gasteiger partial charge in [-0.2, -0.15) is 4.52 Å². The molecule has 8 nitrogen and oxygen atoms in total. The minimum Gasteiger partial charge on any atom is -0.395 e.